The second-order valence-corrected chi connectivity index (χ2v) is 7.23. The summed E-state index contributed by atoms with van der Waals surface area (Å²) >= 11 is 0. The van der Waals surface area contributed by atoms with Crippen LogP contribution in [0.25, 0.3) is 11.0 Å². The summed E-state index contributed by atoms with van der Waals surface area (Å²) in [5, 5.41) is 20.2. The molecule has 2 atom stereocenters. The third kappa shape index (κ3) is 3.55. The topological polar surface area (TPSA) is 89.5 Å². The second-order valence-electron chi connectivity index (χ2n) is 7.23. The minimum Gasteiger partial charge on any atom is -0.396 e. The van der Waals surface area contributed by atoms with Crippen LogP contribution in [-0.4, -0.2) is 56.8 Å². The maximum atomic E-state index is 12.6. The predicted molar refractivity (Wildman–Crippen MR) is 96.2 cm³/mol. The van der Waals surface area contributed by atoms with Gasteiger partial charge in [-0.2, -0.15) is 0 Å². The molecule has 3 rings (SSSR count). The van der Waals surface area contributed by atoms with Gasteiger partial charge in [-0.25, -0.2) is 4.98 Å². The Morgan fingerprint density at radius 1 is 1.48 bits per heavy atom. The van der Waals surface area contributed by atoms with E-state index in [0.717, 1.165) is 35.3 Å². The van der Waals surface area contributed by atoms with E-state index in [1.54, 1.807) is 4.90 Å². The van der Waals surface area contributed by atoms with Crippen molar-refractivity contribution >= 4 is 16.9 Å². The van der Waals surface area contributed by atoms with Crippen LogP contribution in [-0.2, 0) is 11.2 Å². The number of β-amino-alcohol motifs (C(OH)–C–C–N with tert-alkyl or cyclic N) is 1. The van der Waals surface area contributed by atoms with Gasteiger partial charge in [-0.3, -0.25) is 4.79 Å². The number of hydrogen-bond acceptors (Lipinski definition) is 4. The molecule has 0 saturated carbocycles. The summed E-state index contributed by atoms with van der Waals surface area (Å²) in [6.07, 6.45) is 1.97. The van der Waals surface area contributed by atoms with Gasteiger partial charge in [0.05, 0.1) is 30.2 Å². The van der Waals surface area contributed by atoms with Crippen LogP contribution in [0.15, 0.2) is 18.2 Å². The van der Waals surface area contributed by atoms with Crippen LogP contribution in [0.4, 0.5) is 0 Å². The molecule has 0 bridgehead atoms. The summed E-state index contributed by atoms with van der Waals surface area (Å²) in [7, 11) is 0. The van der Waals surface area contributed by atoms with Gasteiger partial charge in [0.2, 0.25) is 5.91 Å². The van der Waals surface area contributed by atoms with Gasteiger partial charge in [-0.1, -0.05) is 19.4 Å². The van der Waals surface area contributed by atoms with Crippen molar-refractivity contribution < 1.29 is 15.0 Å². The van der Waals surface area contributed by atoms with Gasteiger partial charge in [0.15, 0.2) is 0 Å². The fourth-order valence-corrected chi connectivity index (χ4v) is 3.88. The Morgan fingerprint density at radius 3 is 2.96 bits per heavy atom. The molecule has 2 heterocycles. The number of nitrogens with zero attached hydrogens (tertiary/aromatic N) is 2. The average molecular weight is 345 g/mol. The number of piperidine rings is 1. The van der Waals surface area contributed by atoms with Crippen molar-refractivity contribution in [3.05, 3.63) is 29.6 Å². The summed E-state index contributed by atoms with van der Waals surface area (Å²) in [6, 6.07) is 5.81. The maximum absolute atomic E-state index is 12.6. The van der Waals surface area contributed by atoms with Crippen molar-refractivity contribution in [2.45, 2.75) is 45.6 Å². The molecule has 3 N–H and O–H groups in total. The molecule has 0 spiro atoms. The highest BCUT2D eigenvalue weighted by atomic mass is 16.3. The standard InChI is InChI=1S/C19H27N3O3/c1-3-6-19(12-23)7-8-22(11-17(19)24)18(25)10-14-4-5-15-16(9-14)21-13(2)20-15/h4-5,9,17,23-24H,3,6-8,10-12H2,1-2H3,(H,20,21)/t17-,19-/m1/s1. The van der Waals surface area contributed by atoms with E-state index in [9.17, 15) is 15.0 Å². The van der Waals surface area contributed by atoms with Gasteiger partial charge in [-0.15, -0.1) is 0 Å². The number of amides is 1. The third-order valence-corrected chi connectivity index (χ3v) is 5.42. The fourth-order valence-electron chi connectivity index (χ4n) is 3.88. The van der Waals surface area contributed by atoms with Crippen molar-refractivity contribution in [2.24, 2.45) is 5.41 Å². The number of imidazole rings is 1. The number of benzene rings is 1. The number of likely N-dealkylation sites (tertiary alicyclic amines) is 1. The van der Waals surface area contributed by atoms with E-state index in [2.05, 4.69) is 16.9 Å². The minimum atomic E-state index is -0.673. The summed E-state index contributed by atoms with van der Waals surface area (Å²) in [5.74, 6) is 0.867. The first-order valence-electron chi connectivity index (χ1n) is 8.99. The highest BCUT2D eigenvalue weighted by Gasteiger charge is 2.42. The Hall–Kier alpha value is -1.92. The number of aromatic nitrogens is 2. The molecule has 1 aromatic carbocycles. The molecular weight excluding hydrogens is 318 g/mol. The van der Waals surface area contributed by atoms with Crippen molar-refractivity contribution in [2.75, 3.05) is 19.7 Å². The fraction of sp³-hybridized carbons (Fsp3) is 0.579. The number of carbonyl (C=O) groups excluding carboxylic acids is 1. The molecule has 1 saturated heterocycles. The first kappa shape index (κ1) is 17.9. The van der Waals surface area contributed by atoms with Crippen molar-refractivity contribution in [1.82, 2.24) is 14.9 Å². The van der Waals surface area contributed by atoms with Crippen LogP contribution in [0.5, 0.6) is 0 Å². The summed E-state index contributed by atoms with van der Waals surface area (Å²) in [5.41, 5.74) is 2.30. The number of aliphatic hydroxyl groups is 2. The van der Waals surface area contributed by atoms with Gasteiger partial charge in [0.1, 0.15) is 5.82 Å². The zero-order chi connectivity index (χ0) is 18.0. The normalized spacial score (nSPS) is 24.0. The number of carbonyl (C=O) groups is 1. The molecule has 6 nitrogen and oxygen atoms in total. The Balaban J connectivity index is 1.67. The molecule has 1 fully saturated rings. The molecule has 1 aliphatic heterocycles. The van der Waals surface area contributed by atoms with E-state index in [-0.39, 0.29) is 12.5 Å². The maximum Gasteiger partial charge on any atom is 0.227 e. The number of aromatic amines is 1. The molecule has 25 heavy (non-hydrogen) atoms. The Bertz CT molecular complexity index is 757. The van der Waals surface area contributed by atoms with E-state index in [1.165, 1.54) is 0 Å². The van der Waals surface area contributed by atoms with Crippen LogP contribution in [0.3, 0.4) is 0 Å². The van der Waals surface area contributed by atoms with Gasteiger partial charge in [0.25, 0.3) is 0 Å². The number of rotatable bonds is 5. The molecule has 0 aliphatic carbocycles. The predicted octanol–water partition coefficient (Wildman–Crippen LogP) is 1.79. The molecule has 1 amide bonds. The summed E-state index contributed by atoms with van der Waals surface area (Å²) < 4.78 is 0. The SMILES string of the molecule is CCC[C@]1(CO)CCN(C(=O)Cc2ccc3nc(C)[nH]c3c2)C[C@H]1O. The summed E-state index contributed by atoms with van der Waals surface area (Å²) in [4.78, 5) is 21.9. The smallest absolute Gasteiger partial charge is 0.227 e. The van der Waals surface area contributed by atoms with Crippen molar-refractivity contribution in [3.8, 4) is 0 Å². The summed E-state index contributed by atoms with van der Waals surface area (Å²) in [6.45, 7) is 4.81. The third-order valence-electron chi connectivity index (χ3n) is 5.42. The number of H-pyrrole nitrogens is 1. The number of aryl methyl sites for hydroxylation is 1. The van der Waals surface area contributed by atoms with E-state index >= 15 is 0 Å². The molecule has 1 aromatic heterocycles. The lowest BCUT2D eigenvalue weighted by Gasteiger charge is -2.44. The highest BCUT2D eigenvalue weighted by Crippen LogP contribution is 2.36. The Kier molecular flexibility index (Phi) is 5.11. The Labute approximate surface area is 147 Å². The van der Waals surface area contributed by atoms with Gasteiger partial charge in [-0.05, 0) is 37.5 Å². The van der Waals surface area contributed by atoms with Gasteiger partial charge < -0.3 is 20.1 Å². The highest BCUT2D eigenvalue weighted by molar-refractivity contribution is 5.82. The van der Waals surface area contributed by atoms with E-state index < -0.39 is 11.5 Å². The minimum absolute atomic E-state index is 0.0117. The number of aliphatic hydroxyl groups excluding tert-OH is 2. The largest absolute Gasteiger partial charge is 0.396 e. The number of nitrogens with one attached hydrogen (secondary N) is 1. The van der Waals surface area contributed by atoms with Crippen LogP contribution in [0, 0.1) is 12.3 Å². The molecule has 2 aromatic rings. The molecule has 1 aliphatic rings. The molecular formula is C19H27N3O3. The second kappa shape index (κ2) is 7.14. The van der Waals surface area contributed by atoms with Crippen molar-refractivity contribution in [3.63, 3.8) is 0 Å². The lowest BCUT2D eigenvalue weighted by molar-refractivity contribution is -0.141. The lowest BCUT2D eigenvalue weighted by atomic mass is 9.73. The average Bonchev–Trinajstić information content (AvgIpc) is 2.96. The molecule has 6 heteroatoms. The van der Waals surface area contributed by atoms with Crippen LogP contribution in [0.2, 0.25) is 0 Å². The van der Waals surface area contributed by atoms with E-state index in [0.29, 0.717) is 25.9 Å². The number of fused-ring (bicyclic) bond motifs is 1. The van der Waals surface area contributed by atoms with Crippen LogP contribution >= 0.6 is 0 Å². The van der Waals surface area contributed by atoms with Gasteiger partial charge >= 0.3 is 0 Å². The first-order chi connectivity index (χ1) is 12.0. The van der Waals surface area contributed by atoms with Gasteiger partial charge in [0, 0.05) is 18.5 Å². The molecule has 0 radical (unpaired) electrons. The zero-order valence-electron chi connectivity index (χ0n) is 15.0. The zero-order valence-corrected chi connectivity index (χ0v) is 15.0. The molecule has 136 valence electrons. The van der Waals surface area contributed by atoms with Crippen molar-refractivity contribution in [1.29, 1.82) is 0 Å². The first-order valence-corrected chi connectivity index (χ1v) is 8.99. The quantitative estimate of drug-likeness (QED) is 0.771. The lowest BCUT2D eigenvalue weighted by Crippen LogP contribution is -2.54. The van der Waals surface area contributed by atoms with E-state index in [1.807, 2.05) is 25.1 Å². The van der Waals surface area contributed by atoms with Crippen LogP contribution < -0.4 is 0 Å². The molecule has 0 unspecified atom stereocenters. The monoisotopic (exact) mass is 345 g/mol. The van der Waals surface area contributed by atoms with E-state index in [4.69, 9.17) is 0 Å². The number of hydrogen-bond donors (Lipinski definition) is 3. The Morgan fingerprint density at radius 2 is 2.28 bits per heavy atom. The van der Waals surface area contributed by atoms with Crippen LogP contribution in [0.1, 0.15) is 37.6 Å².